The van der Waals surface area contributed by atoms with Gasteiger partial charge in [-0.15, -0.1) is 0 Å². The van der Waals surface area contributed by atoms with Crippen molar-refractivity contribution in [1.82, 2.24) is 20.0 Å². The SMILES string of the molecule is CCN(CC)C(CNC(=O)N1CCN(C2CCCC2)CC1)CC(C)C. The monoisotopic (exact) mass is 352 g/mol. The van der Waals surface area contributed by atoms with Crippen molar-refractivity contribution in [3.8, 4) is 0 Å². The number of nitrogens with one attached hydrogen (secondary N) is 1. The van der Waals surface area contributed by atoms with Crippen LogP contribution in [0.5, 0.6) is 0 Å². The van der Waals surface area contributed by atoms with Crippen LogP contribution in [0, 0.1) is 5.92 Å². The maximum atomic E-state index is 12.6. The lowest BCUT2D eigenvalue weighted by Crippen LogP contribution is -2.55. The van der Waals surface area contributed by atoms with Crippen LogP contribution in [0.1, 0.15) is 59.8 Å². The predicted molar refractivity (Wildman–Crippen MR) is 105 cm³/mol. The average Bonchev–Trinajstić information content (AvgIpc) is 3.14. The second kappa shape index (κ2) is 10.4. The fourth-order valence-corrected chi connectivity index (χ4v) is 4.52. The Morgan fingerprint density at radius 3 is 2.20 bits per heavy atom. The van der Waals surface area contributed by atoms with Crippen LogP contribution in [0.2, 0.25) is 0 Å². The first kappa shape index (κ1) is 20.5. The summed E-state index contributed by atoms with van der Waals surface area (Å²) in [6, 6.07) is 1.36. The molecule has 0 aromatic rings. The van der Waals surface area contributed by atoms with Gasteiger partial charge in [0.05, 0.1) is 0 Å². The second-order valence-corrected chi connectivity index (χ2v) is 8.15. The first-order chi connectivity index (χ1) is 12.0. The van der Waals surface area contributed by atoms with Crippen molar-refractivity contribution in [3.63, 3.8) is 0 Å². The molecule has 2 fully saturated rings. The van der Waals surface area contributed by atoms with Gasteiger partial charge < -0.3 is 10.2 Å². The molecule has 5 nitrogen and oxygen atoms in total. The Labute approximate surface area is 155 Å². The van der Waals surface area contributed by atoms with Crippen LogP contribution in [0.4, 0.5) is 4.79 Å². The molecule has 1 atom stereocenters. The molecular formula is C20H40N4O. The number of hydrogen-bond donors (Lipinski definition) is 1. The van der Waals surface area contributed by atoms with E-state index in [4.69, 9.17) is 0 Å². The largest absolute Gasteiger partial charge is 0.336 e. The minimum atomic E-state index is 0.131. The van der Waals surface area contributed by atoms with E-state index in [1.807, 2.05) is 4.90 Å². The van der Waals surface area contributed by atoms with Crippen LogP contribution in [0.3, 0.4) is 0 Å². The highest BCUT2D eigenvalue weighted by Crippen LogP contribution is 2.24. The Hall–Kier alpha value is -0.810. The third kappa shape index (κ3) is 6.14. The van der Waals surface area contributed by atoms with Crippen LogP contribution in [-0.4, -0.2) is 78.6 Å². The molecule has 2 rings (SSSR count). The van der Waals surface area contributed by atoms with Gasteiger partial charge in [0.2, 0.25) is 0 Å². The van der Waals surface area contributed by atoms with Crippen molar-refractivity contribution in [2.24, 2.45) is 5.92 Å². The van der Waals surface area contributed by atoms with Crippen LogP contribution < -0.4 is 5.32 Å². The Morgan fingerprint density at radius 1 is 1.08 bits per heavy atom. The molecule has 1 heterocycles. The van der Waals surface area contributed by atoms with Gasteiger partial charge in [-0.25, -0.2) is 4.79 Å². The highest BCUT2D eigenvalue weighted by molar-refractivity contribution is 5.74. The third-order valence-electron chi connectivity index (χ3n) is 6.00. The van der Waals surface area contributed by atoms with E-state index in [0.29, 0.717) is 12.0 Å². The lowest BCUT2D eigenvalue weighted by molar-refractivity contribution is 0.107. The smallest absolute Gasteiger partial charge is 0.317 e. The first-order valence-corrected chi connectivity index (χ1v) is 10.6. The van der Waals surface area contributed by atoms with E-state index < -0.39 is 0 Å². The number of hydrogen-bond acceptors (Lipinski definition) is 3. The number of amides is 2. The molecule has 0 aromatic carbocycles. The summed E-state index contributed by atoms with van der Waals surface area (Å²) in [4.78, 5) is 19.7. The van der Waals surface area contributed by atoms with Crippen LogP contribution in [0.15, 0.2) is 0 Å². The second-order valence-electron chi connectivity index (χ2n) is 8.15. The van der Waals surface area contributed by atoms with Crippen molar-refractivity contribution >= 4 is 6.03 Å². The Balaban J connectivity index is 1.76. The molecule has 0 aromatic heterocycles. The minimum Gasteiger partial charge on any atom is -0.336 e. The number of urea groups is 1. The molecule has 1 N–H and O–H groups in total. The quantitative estimate of drug-likeness (QED) is 0.730. The molecule has 1 saturated carbocycles. The Morgan fingerprint density at radius 2 is 1.68 bits per heavy atom. The molecule has 25 heavy (non-hydrogen) atoms. The Bertz CT molecular complexity index is 383. The number of carbonyl (C=O) groups excluding carboxylic acids is 1. The zero-order valence-electron chi connectivity index (χ0n) is 17.0. The molecular weight excluding hydrogens is 312 g/mol. The van der Waals surface area contributed by atoms with Crippen molar-refractivity contribution in [2.75, 3.05) is 45.8 Å². The number of piperazine rings is 1. The lowest BCUT2D eigenvalue weighted by atomic mass is 10.0. The summed E-state index contributed by atoms with van der Waals surface area (Å²) >= 11 is 0. The fraction of sp³-hybridized carbons (Fsp3) is 0.950. The third-order valence-corrected chi connectivity index (χ3v) is 6.00. The number of nitrogens with zero attached hydrogens (tertiary/aromatic N) is 3. The Kier molecular flexibility index (Phi) is 8.50. The van der Waals surface area contributed by atoms with Gasteiger partial charge in [-0.3, -0.25) is 9.80 Å². The summed E-state index contributed by atoms with van der Waals surface area (Å²) in [6.45, 7) is 15.6. The topological polar surface area (TPSA) is 38.8 Å². The summed E-state index contributed by atoms with van der Waals surface area (Å²) in [7, 11) is 0. The summed E-state index contributed by atoms with van der Waals surface area (Å²) < 4.78 is 0. The molecule has 5 heteroatoms. The molecule has 146 valence electrons. The summed E-state index contributed by atoms with van der Waals surface area (Å²) in [5.74, 6) is 0.650. The van der Waals surface area contributed by atoms with Gasteiger partial charge in [0.25, 0.3) is 0 Å². The minimum absolute atomic E-state index is 0.131. The van der Waals surface area contributed by atoms with Gasteiger partial charge in [0, 0.05) is 44.8 Å². The number of rotatable bonds is 8. The van der Waals surface area contributed by atoms with Gasteiger partial charge >= 0.3 is 6.03 Å². The van der Waals surface area contributed by atoms with Crippen LogP contribution in [0.25, 0.3) is 0 Å². The summed E-state index contributed by atoms with van der Waals surface area (Å²) in [6.07, 6.45) is 6.61. The van der Waals surface area contributed by atoms with Gasteiger partial charge in [-0.1, -0.05) is 40.5 Å². The van der Waals surface area contributed by atoms with Gasteiger partial charge in [-0.2, -0.15) is 0 Å². The first-order valence-electron chi connectivity index (χ1n) is 10.6. The van der Waals surface area contributed by atoms with Crippen molar-refractivity contribution < 1.29 is 4.79 Å². The molecule has 0 spiro atoms. The molecule has 2 amide bonds. The molecule has 1 saturated heterocycles. The number of carbonyl (C=O) groups is 1. The van der Waals surface area contributed by atoms with E-state index in [0.717, 1.165) is 58.3 Å². The van der Waals surface area contributed by atoms with E-state index in [2.05, 4.69) is 42.8 Å². The summed E-state index contributed by atoms with van der Waals surface area (Å²) in [5, 5.41) is 3.22. The summed E-state index contributed by atoms with van der Waals surface area (Å²) in [5.41, 5.74) is 0. The zero-order valence-corrected chi connectivity index (χ0v) is 17.0. The molecule has 0 radical (unpaired) electrons. The van der Waals surface area contributed by atoms with E-state index in [9.17, 15) is 4.79 Å². The normalized spacial score (nSPS) is 21.3. The highest BCUT2D eigenvalue weighted by atomic mass is 16.2. The standard InChI is InChI=1S/C20H40N4O/c1-5-22(6-2)19(15-17(3)4)16-21-20(25)24-13-11-23(12-14-24)18-9-7-8-10-18/h17-19H,5-16H2,1-4H3,(H,21,25). The van der Waals surface area contributed by atoms with Gasteiger partial charge in [0.1, 0.15) is 0 Å². The lowest BCUT2D eigenvalue weighted by Gasteiger charge is -2.38. The fourth-order valence-electron chi connectivity index (χ4n) is 4.52. The molecule has 1 aliphatic carbocycles. The molecule has 2 aliphatic rings. The molecule has 1 unspecified atom stereocenters. The zero-order chi connectivity index (χ0) is 18.2. The molecule has 1 aliphatic heterocycles. The predicted octanol–water partition coefficient (Wildman–Crippen LogP) is 3.01. The van der Waals surface area contributed by atoms with E-state index in [-0.39, 0.29) is 6.03 Å². The van der Waals surface area contributed by atoms with Gasteiger partial charge in [0.15, 0.2) is 0 Å². The number of likely N-dealkylation sites (N-methyl/N-ethyl adjacent to an activating group) is 1. The van der Waals surface area contributed by atoms with E-state index in [1.165, 1.54) is 25.7 Å². The van der Waals surface area contributed by atoms with E-state index >= 15 is 0 Å². The van der Waals surface area contributed by atoms with Crippen LogP contribution in [-0.2, 0) is 0 Å². The van der Waals surface area contributed by atoms with Crippen molar-refractivity contribution in [1.29, 1.82) is 0 Å². The van der Waals surface area contributed by atoms with Crippen molar-refractivity contribution in [3.05, 3.63) is 0 Å². The van der Waals surface area contributed by atoms with E-state index in [1.54, 1.807) is 0 Å². The maximum Gasteiger partial charge on any atom is 0.317 e. The average molecular weight is 353 g/mol. The van der Waals surface area contributed by atoms with Crippen LogP contribution >= 0.6 is 0 Å². The highest BCUT2D eigenvalue weighted by Gasteiger charge is 2.28. The van der Waals surface area contributed by atoms with Crippen molar-refractivity contribution in [2.45, 2.75) is 71.9 Å². The molecule has 0 bridgehead atoms. The van der Waals surface area contributed by atoms with Gasteiger partial charge in [-0.05, 0) is 38.3 Å². The maximum absolute atomic E-state index is 12.6.